The van der Waals surface area contributed by atoms with E-state index in [9.17, 15) is 9.59 Å². The molecule has 32 heavy (non-hydrogen) atoms. The molecule has 0 aliphatic carbocycles. The van der Waals surface area contributed by atoms with Gasteiger partial charge in [0.05, 0.1) is 18.9 Å². The van der Waals surface area contributed by atoms with Crippen molar-refractivity contribution in [1.29, 1.82) is 0 Å². The number of esters is 2. The number of rotatable bonds is 15. The highest BCUT2D eigenvalue weighted by Crippen LogP contribution is 2.22. The van der Waals surface area contributed by atoms with Crippen molar-refractivity contribution in [2.45, 2.75) is 84.3 Å². The van der Waals surface area contributed by atoms with Crippen LogP contribution >= 0.6 is 0 Å². The predicted molar refractivity (Wildman–Crippen MR) is 126 cm³/mol. The summed E-state index contributed by atoms with van der Waals surface area (Å²) in [4.78, 5) is 24.0. The Balaban J connectivity index is 1.61. The van der Waals surface area contributed by atoms with E-state index < -0.39 is 5.97 Å². The van der Waals surface area contributed by atoms with E-state index >= 15 is 0 Å². The van der Waals surface area contributed by atoms with Gasteiger partial charge in [-0.05, 0) is 49.6 Å². The fraction of sp³-hybridized carbons (Fsp3) is 0.481. The maximum atomic E-state index is 12.0. The van der Waals surface area contributed by atoms with E-state index in [-0.39, 0.29) is 31.5 Å². The standard InChI is InChI=1S/C27H36O5/c1-3-4-5-6-7-9-13-22(2)31-27(29)19-18-26(28)30-21-23-14-12-17-25(20-23)32-24-15-10-8-11-16-24/h8,10-12,14-17,20,22H,3-7,9,13,18-19,21H2,1-2H3. The average molecular weight is 441 g/mol. The highest BCUT2D eigenvalue weighted by molar-refractivity contribution is 5.77. The molecule has 1 unspecified atom stereocenters. The van der Waals surface area contributed by atoms with E-state index in [0.29, 0.717) is 5.75 Å². The van der Waals surface area contributed by atoms with Gasteiger partial charge in [-0.15, -0.1) is 0 Å². The Bertz CT molecular complexity index is 803. The van der Waals surface area contributed by atoms with E-state index in [4.69, 9.17) is 14.2 Å². The summed E-state index contributed by atoms with van der Waals surface area (Å²) in [5.74, 6) is 0.650. The van der Waals surface area contributed by atoms with E-state index in [1.807, 2.05) is 61.5 Å². The molecule has 0 saturated carbocycles. The van der Waals surface area contributed by atoms with Crippen LogP contribution in [0.3, 0.4) is 0 Å². The molecule has 5 nitrogen and oxygen atoms in total. The second-order valence-electron chi connectivity index (χ2n) is 8.08. The van der Waals surface area contributed by atoms with Crippen molar-refractivity contribution in [2.24, 2.45) is 0 Å². The average Bonchev–Trinajstić information content (AvgIpc) is 2.79. The Morgan fingerprint density at radius 2 is 1.50 bits per heavy atom. The van der Waals surface area contributed by atoms with Gasteiger partial charge in [0.2, 0.25) is 0 Å². The molecule has 0 aliphatic heterocycles. The number of hydrogen-bond donors (Lipinski definition) is 0. The van der Waals surface area contributed by atoms with Crippen molar-refractivity contribution in [3.8, 4) is 11.5 Å². The van der Waals surface area contributed by atoms with Gasteiger partial charge in [0, 0.05) is 0 Å². The molecule has 0 spiro atoms. The second kappa shape index (κ2) is 15.1. The molecule has 1 atom stereocenters. The summed E-state index contributed by atoms with van der Waals surface area (Å²) >= 11 is 0. The quantitative estimate of drug-likeness (QED) is 0.221. The van der Waals surface area contributed by atoms with Gasteiger partial charge < -0.3 is 14.2 Å². The van der Waals surface area contributed by atoms with Crippen LogP contribution in [0.5, 0.6) is 11.5 Å². The maximum absolute atomic E-state index is 12.0. The van der Waals surface area contributed by atoms with Crippen LogP contribution < -0.4 is 4.74 Å². The number of para-hydroxylation sites is 1. The van der Waals surface area contributed by atoms with Crippen molar-refractivity contribution < 1.29 is 23.8 Å². The van der Waals surface area contributed by atoms with Crippen LogP contribution in [0.1, 0.15) is 77.2 Å². The molecular formula is C27H36O5. The van der Waals surface area contributed by atoms with E-state index in [2.05, 4.69) is 6.92 Å². The number of carbonyl (C=O) groups is 2. The first kappa shape index (κ1) is 25.4. The molecule has 0 fully saturated rings. The zero-order chi connectivity index (χ0) is 23.0. The summed E-state index contributed by atoms with van der Waals surface area (Å²) in [7, 11) is 0. The lowest BCUT2D eigenvalue weighted by molar-refractivity contribution is -0.153. The maximum Gasteiger partial charge on any atom is 0.306 e. The van der Waals surface area contributed by atoms with Gasteiger partial charge in [0.15, 0.2) is 0 Å². The smallest absolute Gasteiger partial charge is 0.306 e. The molecule has 0 radical (unpaired) electrons. The molecule has 0 bridgehead atoms. The minimum absolute atomic E-state index is 0.0166. The van der Waals surface area contributed by atoms with Crippen molar-refractivity contribution in [3.05, 3.63) is 60.2 Å². The molecule has 0 aromatic heterocycles. The van der Waals surface area contributed by atoms with Gasteiger partial charge in [-0.3, -0.25) is 9.59 Å². The van der Waals surface area contributed by atoms with E-state index in [1.54, 1.807) is 0 Å². The Morgan fingerprint density at radius 1 is 0.812 bits per heavy atom. The highest BCUT2D eigenvalue weighted by Gasteiger charge is 2.13. The van der Waals surface area contributed by atoms with Crippen molar-refractivity contribution >= 4 is 11.9 Å². The predicted octanol–water partition coefficient (Wildman–Crippen LogP) is 6.98. The first-order valence-corrected chi connectivity index (χ1v) is 11.7. The van der Waals surface area contributed by atoms with Gasteiger partial charge in [-0.2, -0.15) is 0 Å². The van der Waals surface area contributed by atoms with Gasteiger partial charge in [-0.25, -0.2) is 0 Å². The van der Waals surface area contributed by atoms with Crippen molar-refractivity contribution in [3.63, 3.8) is 0 Å². The van der Waals surface area contributed by atoms with E-state index in [1.165, 1.54) is 32.1 Å². The van der Waals surface area contributed by atoms with Crippen molar-refractivity contribution in [1.82, 2.24) is 0 Å². The Morgan fingerprint density at radius 3 is 2.28 bits per heavy atom. The summed E-state index contributed by atoms with van der Waals surface area (Å²) in [5, 5.41) is 0. The lowest BCUT2D eigenvalue weighted by Crippen LogP contribution is -2.16. The first-order valence-electron chi connectivity index (χ1n) is 11.7. The van der Waals surface area contributed by atoms with Crippen LogP contribution in [0.25, 0.3) is 0 Å². The van der Waals surface area contributed by atoms with Crippen LogP contribution in [0.4, 0.5) is 0 Å². The van der Waals surface area contributed by atoms with Gasteiger partial charge >= 0.3 is 11.9 Å². The summed E-state index contributed by atoms with van der Waals surface area (Å²) < 4.78 is 16.5. The number of hydrogen-bond acceptors (Lipinski definition) is 5. The molecule has 5 heteroatoms. The van der Waals surface area contributed by atoms with Crippen LogP contribution in [0.2, 0.25) is 0 Å². The number of carbonyl (C=O) groups excluding carboxylic acids is 2. The minimum atomic E-state index is -0.417. The molecule has 0 amide bonds. The van der Waals surface area contributed by atoms with Gasteiger partial charge in [-0.1, -0.05) is 69.4 Å². The van der Waals surface area contributed by atoms with Crippen LogP contribution in [-0.4, -0.2) is 18.0 Å². The lowest BCUT2D eigenvalue weighted by atomic mass is 10.1. The summed E-state index contributed by atoms with van der Waals surface area (Å²) in [6.45, 7) is 4.25. The molecule has 174 valence electrons. The van der Waals surface area contributed by atoms with Crippen LogP contribution in [0, 0.1) is 0 Å². The Hall–Kier alpha value is -2.82. The second-order valence-corrected chi connectivity index (χ2v) is 8.08. The highest BCUT2D eigenvalue weighted by atomic mass is 16.5. The third-order valence-corrected chi connectivity index (χ3v) is 5.11. The SMILES string of the molecule is CCCCCCCCC(C)OC(=O)CCC(=O)OCc1cccc(Oc2ccccc2)c1. The summed E-state index contributed by atoms with van der Waals surface area (Å²) in [6, 6.07) is 16.9. The first-order chi connectivity index (χ1) is 15.6. The molecule has 2 aromatic carbocycles. The number of benzene rings is 2. The van der Waals surface area contributed by atoms with Crippen LogP contribution in [0.15, 0.2) is 54.6 Å². The zero-order valence-electron chi connectivity index (χ0n) is 19.4. The Kier molecular flexibility index (Phi) is 12.0. The molecule has 2 rings (SSSR count). The molecule has 0 saturated heterocycles. The molecule has 2 aromatic rings. The Labute approximate surface area is 192 Å². The zero-order valence-corrected chi connectivity index (χ0v) is 19.4. The molecule has 0 N–H and O–H groups in total. The van der Waals surface area contributed by atoms with Gasteiger partial charge in [0.1, 0.15) is 18.1 Å². The number of unbranched alkanes of at least 4 members (excludes halogenated alkanes) is 5. The monoisotopic (exact) mass is 440 g/mol. The molecule has 0 heterocycles. The minimum Gasteiger partial charge on any atom is -0.463 e. The lowest BCUT2D eigenvalue weighted by Gasteiger charge is -2.13. The molecular weight excluding hydrogens is 404 g/mol. The third-order valence-electron chi connectivity index (χ3n) is 5.11. The summed E-state index contributed by atoms with van der Waals surface area (Å²) in [5.41, 5.74) is 0.821. The fourth-order valence-electron chi connectivity index (χ4n) is 3.32. The molecule has 0 aliphatic rings. The number of ether oxygens (including phenoxy) is 3. The van der Waals surface area contributed by atoms with Crippen molar-refractivity contribution in [2.75, 3.05) is 0 Å². The van der Waals surface area contributed by atoms with Crippen LogP contribution in [-0.2, 0) is 25.7 Å². The normalized spacial score (nSPS) is 11.6. The largest absolute Gasteiger partial charge is 0.463 e. The van der Waals surface area contributed by atoms with Gasteiger partial charge in [0.25, 0.3) is 0 Å². The fourth-order valence-corrected chi connectivity index (χ4v) is 3.32. The van der Waals surface area contributed by atoms with E-state index in [0.717, 1.165) is 24.2 Å². The summed E-state index contributed by atoms with van der Waals surface area (Å²) in [6.07, 6.45) is 8.08. The topological polar surface area (TPSA) is 61.8 Å². The third kappa shape index (κ3) is 11.0.